The van der Waals surface area contributed by atoms with Crippen molar-refractivity contribution in [3.8, 4) is 5.75 Å². The van der Waals surface area contributed by atoms with E-state index in [4.69, 9.17) is 14.1 Å². The third-order valence-corrected chi connectivity index (χ3v) is 7.69. The molecule has 5 rings (SSSR count). The molecule has 6 nitrogen and oxygen atoms in total. The molecular weight excluding hydrogens is 472 g/mol. The van der Waals surface area contributed by atoms with Crippen molar-refractivity contribution in [1.29, 1.82) is 0 Å². The summed E-state index contributed by atoms with van der Waals surface area (Å²) in [4.78, 5) is 6.99. The van der Waals surface area contributed by atoms with Crippen LogP contribution in [-0.2, 0) is 13.6 Å². The number of fused-ring (bicyclic) bond motifs is 2. The number of anilines is 1. The number of methoxy groups -OCH3 is 1. The standard InChI is InChI=1S/C31H36N4O2.CH4/c1-7-35(5,8-2)21-22-11-13-23(14-12-22)28-18-24(26-20-25(36-6)15-16-27(26)34(28)4)19-30-32-31-29(37-30)10-9-17-33(31)3;/h9-20H,7-8,21H2,1-6H3;1H4/q+2;. The average Bonchev–Trinajstić information content (AvgIpc) is 3.34. The molecule has 38 heavy (non-hydrogen) atoms. The predicted octanol–water partition coefficient (Wildman–Crippen LogP) is 6.31. The molecule has 6 heteroatoms. The highest BCUT2D eigenvalue weighted by Crippen LogP contribution is 2.41. The monoisotopic (exact) mass is 512 g/mol. The van der Waals surface area contributed by atoms with Gasteiger partial charge in [-0.05, 0) is 61.4 Å². The third kappa shape index (κ3) is 5.09. The highest BCUT2D eigenvalue weighted by molar-refractivity contribution is 6.03. The van der Waals surface area contributed by atoms with E-state index in [1.54, 1.807) is 7.11 Å². The first-order valence-corrected chi connectivity index (χ1v) is 12.9. The number of aryl methyl sites for hydroxylation is 1. The van der Waals surface area contributed by atoms with Gasteiger partial charge >= 0.3 is 11.5 Å². The summed E-state index contributed by atoms with van der Waals surface area (Å²) in [6, 6.07) is 19.1. The van der Waals surface area contributed by atoms with Crippen molar-refractivity contribution in [2.75, 3.05) is 39.2 Å². The van der Waals surface area contributed by atoms with Crippen molar-refractivity contribution >= 4 is 34.3 Å². The van der Waals surface area contributed by atoms with E-state index in [9.17, 15) is 0 Å². The largest absolute Gasteiger partial charge is 0.497 e. The van der Waals surface area contributed by atoms with Crippen molar-refractivity contribution < 1.29 is 18.2 Å². The molecule has 0 saturated carbocycles. The number of ether oxygens (including phenoxy) is 1. The van der Waals surface area contributed by atoms with Gasteiger partial charge in [0.05, 0.1) is 40.5 Å². The maximum atomic E-state index is 6.09. The molecule has 1 aliphatic heterocycles. The number of allylic oxidation sites excluding steroid dienone is 2. The van der Waals surface area contributed by atoms with E-state index < -0.39 is 0 Å². The Morgan fingerprint density at radius 3 is 2.47 bits per heavy atom. The van der Waals surface area contributed by atoms with Gasteiger partial charge in [-0.1, -0.05) is 31.7 Å². The summed E-state index contributed by atoms with van der Waals surface area (Å²) < 4.78 is 14.6. The number of pyridine rings is 1. The van der Waals surface area contributed by atoms with Gasteiger partial charge in [0, 0.05) is 40.6 Å². The number of oxazole rings is 1. The van der Waals surface area contributed by atoms with Gasteiger partial charge in [-0.25, -0.2) is 4.57 Å². The molecule has 198 valence electrons. The van der Waals surface area contributed by atoms with Crippen molar-refractivity contribution in [1.82, 2.24) is 4.98 Å². The van der Waals surface area contributed by atoms with Gasteiger partial charge in [-0.2, -0.15) is 0 Å². The topological polar surface area (TPSA) is 42.4 Å². The molecule has 3 heterocycles. The highest BCUT2D eigenvalue weighted by atomic mass is 16.5. The number of rotatable bonds is 7. The Kier molecular flexibility index (Phi) is 7.74. The second-order valence-electron chi connectivity index (χ2n) is 10.0. The summed E-state index contributed by atoms with van der Waals surface area (Å²) in [6.45, 7) is 7.79. The van der Waals surface area contributed by atoms with Crippen LogP contribution in [0.5, 0.6) is 5.75 Å². The van der Waals surface area contributed by atoms with Crippen molar-refractivity contribution in [3.05, 3.63) is 89.5 Å². The normalized spacial score (nSPS) is 14.3. The Labute approximate surface area is 226 Å². The lowest BCUT2D eigenvalue weighted by Gasteiger charge is -2.32. The Bertz CT molecular complexity index is 1490. The fraction of sp³-hybridized carbons (Fsp3) is 0.312. The van der Waals surface area contributed by atoms with E-state index >= 15 is 0 Å². The van der Waals surface area contributed by atoms with Crippen LogP contribution >= 0.6 is 0 Å². The fourth-order valence-electron chi connectivity index (χ4n) is 4.91. The van der Waals surface area contributed by atoms with E-state index in [1.165, 1.54) is 11.1 Å². The lowest BCUT2D eigenvalue weighted by atomic mass is 9.94. The molecule has 0 N–H and O–H groups in total. The summed E-state index contributed by atoms with van der Waals surface area (Å²) in [5.74, 6) is 1.39. The van der Waals surface area contributed by atoms with Crippen LogP contribution in [0.2, 0.25) is 0 Å². The Hall–Kier alpha value is -3.90. The van der Waals surface area contributed by atoms with Crippen LogP contribution in [0.1, 0.15) is 43.9 Å². The zero-order valence-corrected chi connectivity index (χ0v) is 22.7. The van der Waals surface area contributed by atoms with Gasteiger partial charge in [-0.15, -0.1) is 0 Å². The molecule has 0 spiro atoms. The highest BCUT2D eigenvalue weighted by Gasteiger charge is 2.24. The number of hydrogen-bond donors (Lipinski definition) is 0. The minimum Gasteiger partial charge on any atom is -0.497 e. The SMILES string of the molecule is C.CC[N+](C)(CC)Cc1ccc(C2=C/C(=C\c3nc4c(ccc[n+]4C)o3)c3cc(OC)ccc3N2C)cc1. The van der Waals surface area contributed by atoms with E-state index in [1.807, 2.05) is 42.1 Å². The zero-order valence-electron chi connectivity index (χ0n) is 22.7. The van der Waals surface area contributed by atoms with Crippen molar-refractivity contribution in [2.24, 2.45) is 7.05 Å². The van der Waals surface area contributed by atoms with E-state index in [2.05, 4.69) is 75.3 Å². The molecule has 0 aliphatic carbocycles. The summed E-state index contributed by atoms with van der Waals surface area (Å²) in [5, 5.41) is 0. The molecule has 2 aromatic heterocycles. The van der Waals surface area contributed by atoms with Crippen LogP contribution in [0.25, 0.3) is 28.6 Å². The van der Waals surface area contributed by atoms with Gasteiger partial charge in [0.15, 0.2) is 0 Å². The molecule has 0 fully saturated rings. The van der Waals surface area contributed by atoms with Gasteiger partial charge < -0.3 is 18.5 Å². The van der Waals surface area contributed by atoms with Gasteiger partial charge in [-0.3, -0.25) is 0 Å². The summed E-state index contributed by atoms with van der Waals surface area (Å²) in [5.41, 5.74) is 8.45. The van der Waals surface area contributed by atoms with E-state index in [-0.39, 0.29) is 7.43 Å². The predicted molar refractivity (Wildman–Crippen MR) is 157 cm³/mol. The first kappa shape index (κ1) is 27.1. The Morgan fingerprint density at radius 2 is 1.82 bits per heavy atom. The maximum Gasteiger partial charge on any atom is 0.370 e. The third-order valence-electron chi connectivity index (χ3n) is 7.69. The van der Waals surface area contributed by atoms with Gasteiger partial charge in [0.1, 0.15) is 12.3 Å². The average molecular weight is 513 g/mol. The van der Waals surface area contributed by atoms with Crippen LogP contribution in [-0.4, -0.2) is 43.8 Å². The molecule has 4 aromatic rings. The second kappa shape index (κ2) is 10.8. The van der Waals surface area contributed by atoms with Gasteiger partial charge in [0.25, 0.3) is 0 Å². The quantitative estimate of drug-likeness (QED) is 0.215. The fourth-order valence-corrected chi connectivity index (χ4v) is 4.91. The van der Waals surface area contributed by atoms with Crippen molar-refractivity contribution in [3.63, 3.8) is 0 Å². The number of aromatic nitrogens is 2. The first-order chi connectivity index (χ1) is 17.8. The molecule has 1 aliphatic rings. The molecule has 0 atom stereocenters. The molecule has 0 amide bonds. The van der Waals surface area contributed by atoms with Crippen molar-refractivity contribution in [2.45, 2.75) is 27.8 Å². The number of hydrogen-bond acceptors (Lipinski definition) is 4. The van der Waals surface area contributed by atoms with Gasteiger partial charge in [0.2, 0.25) is 5.58 Å². The number of nitrogens with zero attached hydrogens (tertiary/aromatic N) is 4. The van der Waals surface area contributed by atoms with Crippen LogP contribution in [0.4, 0.5) is 5.69 Å². The minimum absolute atomic E-state index is 0. The molecule has 0 radical (unpaired) electrons. The van der Waals surface area contributed by atoms with Crippen LogP contribution in [0, 0.1) is 0 Å². The Morgan fingerprint density at radius 1 is 1.08 bits per heavy atom. The lowest BCUT2D eigenvalue weighted by molar-refractivity contribution is -0.919. The van der Waals surface area contributed by atoms with Crippen LogP contribution in [0.15, 0.2) is 71.3 Å². The summed E-state index contributed by atoms with van der Waals surface area (Å²) in [6.07, 6.45) is 6.20. The molecule has 0 unspecified atom stereocenters. The molecule has 0 bridgehead atoms. The molecular formula is C32H40N4O2+2. The van der Waals surface area contributed by atoms with Crippen LogP contribution in [0.3, 0.4) is 0 Å². The molecule has 2 aromatic carbocycles. The molecule has 0 saturated heterocycles. The zero-order chi connectivity index (χ0) is 26.2. The lowest BCUT2D eigenvalue weighted by Crippen LogP contribution is -2.42. The van der Waals surface area contributed by atoms with E-state index in [0.717, 1.165) is 63.6 Å². The smallest absolute Gasteiger partial charge is 0.370 e. The Balaban J connectivity index is 0.00000336. The van der Waals surface area contributed by atoms with E-state index in [0.29, 0.717) is 5.89 Å². The first-order valence-electron chi connectivity index (χ1n) is 12.9. The number of benzene rings is 2. The minimum atomic E-state index is 0. The summed E-state index contributed by atoms with van der Waals surface area (Å²) >= 11 is 0. The second-order valence-corrected chi connectivity index (χ2v) is 10.0. The van der Waals surface area contributed by atoms with Crippen LogP contribution < -0.4 is 14.2 Å². The number of quaternary nitrogens is 1. The summed E-state index contributed by atoms with van der Waals surface area (Å²) in [7, 11) is 8.10. The maximum absolute atomic E-state index is 6.09.